The van der Waals surface area contributed by atoms with E-state index in [0.717, 1.165) is 19.6 Å². The Kier molecular flexibility index (Phi) is 4.00. The van der Waals surface area contributed by atoms with Gasteiger partial charge in [0.05, 0.1) is 5.54 Å². The summed E-state index contributed by atoms with van der Waals surface area (Å²) in [5, 5.41) is 3.39. The maximum Gasteiger partial charge on any atom is 0.0534 e. The first kappa shape index (κ1) is 14.1. The summed E-state index contributed by atoms with van der Waals surface area (Å²) in [7, 11) is 0. The van der Waals surface area contributed by atoms with E-state index in [-0.39, 0.29) is 5.54 Å². The molecule has 19 heavy (non-hydrogen) atoms. The summed E-state index contributed by atoms with van der Waals surface area (Å²) < 4.78 is 0. The van der Waals surface area contributed by atoms with Crippen molar-refractivity contribution < 1.29 is 0 Å². The molecule has 0 saturated heterocycles. The predicted octanol–water partition coefficient (Wildman–Crippen LogP) is 3.82. The molecule has 104 valence electrons. The van der Waals surface area contributed by atoms with Crippen LogP contribution in [0.4, 0.5) is 5.69 Å². The van der Waals surface area contributed by atoms with Crippen molar-refractivity contribution in [3.63, 3.8) is 0 Å². The highest BCUT2D eigenvalue weighted by molar-refractivity contribution is 5.81. The van der Waals surface area contributed by atoms with Crippen LogP contribution in [-0.2, 0) is 6.54 Å². The Labute approximate surface area is 117 Å². The molecule has 0 atom stereocenters. The van der Waals surface area contributed by atoms with Gasteiger partial charge in [-0.1, -0.05) is 19.1 Å². The molecule has 0 aromatic heterocycles. The van der Waals surface area contributed by atoms with Gasteiger partial charge in [0.1, 0.15) is 0 Å². The van der Waals surface area contributed by atoms with Crippen LogP contribution in [0, 0.1) is 0 Å². The van der Waals surface area contributed by atoms with Gasteiger partial charge >= 0.3 is 0 Å². The van der Waals surface area contributed by atoms with E-state index in [0.29, 0.717) is 0 Å². The number of anilines is 1. The van der Waals surface area contributed by atoms with Crippen LogP contribution in [0.2, 0.25) is 0 Å². The summed E-state index contributed by atoms with van der Waals surface area (Å²) in [6.45, 7) is 14.2. The summed E-state index contributed by atoms with van der Waals surface area (Å²) in [5.41, 5.74) is 5.62. The van der Waals surface area contributed by atoms with Gasteiger partial charge in [-0.2, -0.15) is 0 Å². The molecule has 1 aromatic rings. The van der Waals surface area contributed by atoms with Crippen LogP contribution >= 0.6 is 0 Å². The third-order valence-electron chi connectivity index (χ3n) is 3.94. The lowest BCUT2D eigenvalue weighted by atomic mass is 9.88. The molecule has 0 spiro atoms. The predicted molar refractivity (Wildman–Crippen MR) is 84.6 cm³/mol. The molecule has 0 aliphatic carbocycles. The van der Waals surface area contributed by atoms with E-state index < -0.39 is 0 Å². The van der Waals surface area contributed by atoms with E-state index in [9.17, 15) is 0 Å². The topological polar surface area (TPSA) is 15.3 Å². The fourth-order valence-electron chi connectivity index (χ4n) is 3.09. The van der Waals surface area contributed by atoms with Crippen LogP contribution in [0.3, 0.4) is 0 Å². The third kappa shape index (κ3) is 2.69. The number of allylic oxidation sites excluding steroid dienone is 1. The molecule has 1 aliphatic heterocycles. The lowest BCUT2D eigenvalue weighted by Gasteiger charge is -2.43. The molecule has 2 rings (SSSR count). The number of likely N-dealkylation sites (N-methyl/N-ethyl adjacent to an activating group) is 1. The van der Waals surface area contributed by atoms with E-state index in [1.54, 1.807) is 0 Å². The first-order chi connectivity index (χ1) is 8.99. The highest BCUT2D eigenvalue weighted by Gasteiger charge is 2.29. The van der Waals surface area contributed by atoms with E-state index in [1.807, 2.05) is 0 Å². The van der Waals surface area contributed by atoms with Crippen LogP contribution in [0.15, 0.2) is 24.3 Å². The molecule has 0 unspecified atom stereocenters. The number of rotatable bonds is 4. The highest BCUT2D eigenvalue weighted by atomic mass is 15.2. The van der Waals surface area contributed by atoms with Gasteiger partial charge in [0.2, 0.25) is 0 Å². The van der Waals surface area contributed by atoms with Gasteiger partial charge in [-0.05, 0) is 57.5 Å². The van der Waals surface area contributed by atoms with Crippen molar-refractivity contribution in [2.45, 2.75) is 46.7 Å². The van der Waals surface area contributed by atoms with Gasteiger partial charge in [0.25, 0.3) is 0 Å². The van der Waals surface area contributed by atoms with Crippen LogP contribution in [0.1, 0.15) is 45.7 Å². The Balaban J connectivity index is 2.42. The van der Waals surface area contributed by atoms with Crippen LogP contribution in [0.25, 0.3) is 5.57 Å². The molecule has 0 radical (unpaired) electrons. The Morgan fingerprint density at radius 3 is 2.58 bits per heavy atom. The molecule has 0 amide bonds. The standard InChI is InChI=1S/C17H26N2/c1-6-18-12-14-8-9-16-15(10-14)13(3)11-17(4,5)19(16)7-2/h8-11,18H,6-7,12H2,1-5H3. The summed E-state index contributed by atoms with van der Waals surface area (Å²) >= 11 is 0. The number of hydrogen-bond acceptors (Lipinski definition) is 2. The molecule has 1 N–H and O–H groups in total. The van der Waals surface area contributed by atoms with E-state index in [1.165, 1.54) is 22.4 Å². The van der Waals surface area contributed by atoms with Crippen molar-refractivity contribution in [1.82, 2.24) is 5.32 Å². The second kappa shape index (κ2) is 5.38. The maximum absolute atomic E-state index is 3.39. The number of hydrogen-bond donors (Lipinski definition) is 1. The van der Waals surface area contributed by atoms with Gasteiger partial charge in [0.15, 0.2) is 0 Å². The first-order valence-electron chi connectivity index (χ1n) is 7.30. The molecule has 1 aromatic carbocycles. The number of nitrogens with zero attached hydrogens (tertiary/aromatic N) is 1. The van der Waals surface area contributed by atoms with Crippen LogP contribution in [0.5, 0.6) is 0 Å². The largest absolute Gasteiger partial charge is 0.363 e. The fraction of sp³-hybridized carbons (Fsp3) is 0.529. The Bertz CT molecular complexity index is 486. The average Bonchev–Trinajstić information content (AvgIpc) is 2.36. The summed E-state index contributed by atoms with van der Waals surface area (Å²) in [6.07, 6.45) is 2.38. The molecular formula is C17H26N2. The summed E-state index contributed by atoms with van der Waals surface area (Å²) in [5.74, 6) is 0. The number of fused-ring (bicyclic) bond motifs is 1. The van der Waals surface area contributed by atoms with Gasteiger partial charge < -0.3 is 10.2 Å². The minimum absolute atomic E-state index is 0.106. The summed E-state index contributed by atoms with van der Waals surface area (Å²) in [6, 6.07) is 6.87. The smallest absolute Gasteiger partial charge is 0.0534 e. The molecular weight excluding hydrogens is 232 g/mol. The lowest BCUT2D eigenvalue weighted by molar-refractivity contribution is 0.566. The molecule has 2 heteroatoms. The number of benzene rings is 1. The molecule has 2 nitrogen and oxygen atoms in total. The maximum atomic E-state index is 3.39. The Morgan fingerprint density at radius 2 is 1.95 bits per heavy atom. The van der Waals surface area contributed by atoms with E-state index >= 15 is 0 Å². The van der Waals surface area contributed by atoms with Gasteiger partial charge in [-0.15, -0.1) is 0 Å². The van der Waals surface area contributed by atoms with Gasteiger partial charge in [-0.3, -0.25) is 0 Å². The SMILES string of the molecule is CCNCc1ccc2c(c1)C(C)=CC(C)(C)N2CC. The molecule has 1 heterocycles. The van der Waals surface area contributed by atoms with Crippen LogP contribution < -0.4 is 10.2 Å². The normalized spacial score (nSPS) is 17.1. The lowest BCUT2D eigenvalue weighted by Crippen LogP contribution is -2.44. The van der Waals surface area contributed by atoms with Crippen molar-refractivity contribution in [2.24, 2.45) is 0 Å². The van der Waals surface area contributed by atoms with E-state index in [4.69, 9.17) is 0 Å². The molecule has 0 saturated carbocycles. The minimum atomic E-state index is 0.106. The van der Waals surface area contributed by atoms with Crippen molar-refractivity contribution in [3.05, 3.63) is 35.4 Å². The monoisotopic (exact) mass is 258 g/mol. The molecule has 0 bridgehead atoms. The minimum Gasteiger partial charge on any atom is -0.363 e. The third-order valence-corrected chi connectivity index (χ3v) is 3.94. The highest BCUT2D eigenvalue weighted by Crippen LogP contribution is 2.38. The molecule has 1 aliphatic rings. The van der Waals surface area contributed by atoms with Crippen molar-refractivity contribution in [2.75, 3.05) is 18.0 Å². The summed E-state index contributed by atoms with van der Waals surface area (Å²) in [4.78, 5) is 2.48. The number of nitrogens with one attached hydrogen (secondary N) is 1. The second-order valence-electron chi connectivity index (χ2n) is 5.86. The average molecular weight is 258 g/mol. The van der Waals surface area contributed by atoms with Crippen molar-refractivity contribution >= 4 is 11.3 Å². The zero-order valence-corrected chi connectivity index (χ0v) is 12.9. The zero-order chi connectivity index (χ0) is 14.0. The molecule has 0 fully saturated rings. The first-order valence-corrected chi connectivity index (χ1v) is 7.30. The Morgan fingerprint density at radius 1 is 1.21 bits per heavy atom. The van der Waals surface area contributed by atoms with Gasteiger partial charge in [0, 0.05) is 24.3 Å². The van der Waals surface area contributed by atoms with E-state index in [2.05, 4.69) is 69.1 Å². The second-order valence-corrected chi connectivity index (χ2v) is 5.86. The fourth-order valence-corrected chi connectivity index (χ4v) is 3.09. The zero-order valence-electron chi connectivity index (χ0n) is 12.9. The van der Waals surface area contributed by atoms with Crippen LogP contribution in [-0.4, -0.2) is 18.6 Å². The van der Waals surface area contributed by atoms with Gasteiger partial charge in [-0.25, -0.2) is 0 Å². The Hall–Kier alpha value is -1.28. The van der Waals surface area contributed by atoms with Crippen molar-refractivity contribution in [3.8, 4) is 0 Å². The van der Waals surface area contributed by atoms with Crippen molar-refractivity contribution in [1.29, 1.82) is 0 Å². The quantitative estimate of drug-likeness (QED) is 0.883.